The van der Waals surface area contributed by atoms with Crippen LogP contribution in [0.3, 0.4) is 0 Å². The third kappa shape index (κ3) is 5.14. The van der Waals surface area contributed by atoms with Crippen molar-refractivity contribution in [3.63, 3.8) is 0 Å². The fraction of sp³-hybridized carbons (Fsp3) is 0.667. The topological polar surface area (TPSA) is 38.3 Å². The van der Waals surface area contributed by atoms with E-state index >= 15 is 0 Å². The van der Waals surface area contributed by atoms with Gasteiger partial charge in [0.1, 0.15) is 6.61 Å². The van der Waals surface area contributed by atoms with Gasteiger partial charge in [0.05, 0.1) is 0 Å². The van der Waals surface area contributed by atoms with Crippen LogP contribution in [-0.2, 0) is 4.74 Å². The first-order valence-electron chi connectivity index (χ1n) is 2.91. The summed E-state index contributed by atoms with van der Waals surface area (Å²) in [4.78, 5) is 10.5. The van der Waals surface area contributed by atoms with E-state index in [4.69, 9.17) is 0 Å². The van der Waals surface area contributed by atoms with E-state index in [9.17, 15) is 4.79 Å². The van der Waals surface area contributed by atoms with Crippen molar-refractivity contribution in [3.8, 4) is 0 Å². The van der Waals surface area contributed by atoms with Crippen LogP contribution in [0.1, 0.15) is 20.8 Å². The van der Waals surface area contributed by atoms with Crippen molar-refractivity contribution >= 4 is 6.09 Å². The monoisotopic (exact) mass is 130 g/mol. The average Bonchev–Trinajstić information content (AvgIpc) is 1.63. The van der Waals surface area contributed by atoms with Crippen LogP contribution in [0.4, 0.5) is 4.79 Å². The lowest BCUT2D eigenvalue weighted by Crippen LogP contribution is -2.29. The number of rotatable bonds is 2. The minimum atomic E-state index is -0.396. The highest BCUT2D eigenvalue weighted by atomic mass is 16.5. The average molecular weight is 130 g/mol. The molecule has 1 amide bonds. The van der Waals surface area contributed by atoms with Crippen molar-refractivity contribution < 1.29 is 9.53 Å². The number of hydrogen-bond acceptors (Lipinski definition) is 2. The molecule has 0 atom stereocenters. The maximum absolute atomic E-state index is 10.5. The largest absolute Gasteiger partial charge is 0.443 e. The molecule has 3 nitrogen and oxygen atoms in total. The molecule has 9 heavy (non-hydrogen) atoms. The maximum atomic E-state index is 10.5. The van der Waals surface area contributed by atoms with Crippen molar-refractivity contribution in [2.24, 2.45) is 0 Å². The van der Waals surface area contributed by atoms with Gasteiger partial charge in [-0.15, -0.1) is 0 Å². The Bertz CT molecular complexity index is 91.1. The van der Waals surface area contributed by atoms with Crippen molar-refractivity contribution in [1.29, 1.82) is 0 Å². The van der Waals surface area contributed by atoms with Gasteiger partial charge in [-0.1, -0.05) is 0 Å². The zero-order valence-electron chi connectivity index (χ0n) is 5.97. The van der Waals surface area contributed by atoms with E-state index in [-0.39, 0.29) is 6.04 Å². The lowest BCUT2D eigenvalue weighted by Gasteiger charge is -2.06. The van der Waals surface area contributed by atoms with Gasteiger partial charge in [0.2, 0.25) is 0 Å². The number of nitrogens with one attached hydrogen (secondary N) is 1. The van der Waals surface area contributed by atoms with E-state index in [0.717, 1.165) is 0 Å². The van der Waals surface area contributed by atoms with E-state index in [0.29, 0.717) is 0 Å². The van der Waals surface area contributed by atoms with Crippen LogP contribution >= 0.6 is 0 Å². The molecule has 0 aromatic rings. The lowest BCUT2D eigenvalue weighted by atomic mass is 10.4. The van der Waals surface area contributed by atoms with E-state index in [1.165, 1.54) is 6.61 Å². The van der Waals surface area contributed by atoms with Crippen molar-refractivity contribution in [2.75, 3.05) is 0 Å². The lowest BCUT2D eigenvalue weighted by molar-refractivity contribution is 0.170. The third-order valence-corrected chi connectivity index (χ3v) is 0.631. The minimum absolute atomic E-state index is 0.137. The molecule has 0 fully saturated rings. The molecule has 0 saturated carbocycles. The van der Waals surface area contributed by atoms with Crippen molar-refractivity contribution in [2.45, 2.75) is 26.8 Å². The first-order chi connectivity index (χ1) is 4.16. The fourth-order valence-electron chi connectivity index (χ4n) is 0.377. The van der Waals surface area contributed by atoms with Gasteiger partial charge in [-0.2, -0.15) is 0 Å². The Morgan fingerprint density at radius 1 is 1.67 bits per heavy atom. The number of ether oxygens (including phenoxy) is 1. The predicted molar refractivity (Wildman–Crippen MR) is 34.7 cm³/mol. The normalized spacial score (nSPS) is 9.33. The number of amides is 1. The molecule has 53 valence electrons. The number of hydrogen-bond donors (Lipinski definition) is 1. The number of alkyl carbamates (subject to hydrolysis) is 1. The molecule has 0 rings (SSSR count). The molecule has 3 heteroatoms. The second kappa shape index (κ2) is 4.18. The Balaban J connectivity index is 3.27. The van der Waals surface area contributed by atoms with Gasteiger partial charge in [0.25, 0.3) is 0 Å². The molecule has 0 saturated heterocycles. The highest BCUT2D eigenvalue weighted by molar-refractivity contribution is 5.67. The highest BCUT2D eigenvalue weighted by Gasteiger charge is 2.00. The Labute approximate surface area is 55.4 Å². The van der Waals surface area contributed by atoms with Crippen LogP contribution in [0, 0.1) is 6.61 Å². The van der Waals surface area contributed by atoms with Gasteiger partial charge >= 0.3 is 6.09 Å². The Hall–Kier alpha value is -0.730. The third-order valence-electron chi connectivity index (χ3n) is 0.631. The van der Waals surface area contributed by atoms with Crippen LogP contribution in [0.5, 0.6) is 0 Å². The molecular weight excluding hydrogens is 118 g/mol. The molecule has 0 aliphatic carbocycles. The molecule has 0 spiro atoms. The Morgan fingerprint density at radius 2 is 2.22 bits per heavy atom. The smallest absolute Gasteiger partial charge is 0.407 e. The van der Waals surface area contributed by atoms with Gasteiger partial charge in [-0.3, -0.25) is 0 Å². The minimum Gasteiger partial charge on any atom is -0.443 e. The van der Waals surface area contributed by atoms with Crippen LogP contribution in [0.25, 0.3) is 0 Å². The molecule has 0 aliphatic rings. The molecule has 0 heterocycles. The summed E-state index contributed by atoms with van der Waals surface area (Å²) >= 11 is 0. The second-order valence-corrected chi connectivity index (χ2v) is 1.94. The summed E-state index contributed by atoms with van der Waals surface area (Å²) in [6.07, 6.45) is -0.396. The summed E-state index contributed by atoms with van der Waals surface area (Å²) in [6.45, 7) is 6.74. The van der Waals surface area contributed by atoms with E-state index in [2.05, 4.69) is 10.1 Å². The summed E-state index contributed by atoms with van der Waals surface area (Å²) in [5, 5.41) is 2.55. The van der Waals surface area contributed by atoms with E-state index < -0.39 is 6.09 Å². The zero-order chi connectivity index (χ0) is 7.28. The van der Waals surface area contributed by atoms with E-state index in [1.54, 1.807) is 6.92 Å². The standard InChI is InChI=1S/C6H12NO2/c1-4-9-6(8)7-5(2)3/h4-5H,1-3H3,(H,7,8). The van der Waals surface area contributed by atoms with Gasteiger partial charge in [0.15, 0.2) is 0 Å². The van der Waals surface area contributed by atoms with Crippen molar-refractivity contribution in [1.82, 2.24) is 5.32 Å². The van der Waals surface area contributed by atoms with Gasteiger partial charge in [-0.25, -0.2) is 4.79 Å². The maximum Gasteiger partial charge on any atom is 0.407 e. The van der Waals surface area contributed by atoms with E-state index in [1.807, 2.05) is 13.8 Å². The first-order valence-corrected chi connectivity index (χ1v) is 2.91. The van der Waals surface area contributed by atoms with Crippen LogP contribution < -0.4 is 5.32 Å². The Morgan fingerprint density at radius 3 is 2.56 bits per heavy atom. The summed E-state index contributed by atoms with van der Waals surface area (Å²) < 4.78 is 4.48. The van der Waals surface area contributed by atoms with Gasteiger partial charge in [-0.05, 0) is 20.8 Å². The second-order valence-electron chi connectivity index (χ2n) is 1.94. The van der Waals surface area contributed by atoms with Crippen LogP contribution in [-0.4, -0.2) is 12.1 Å². The molecule has 0 aromatic heterocycles. The molecule has 1 N–H and O–H groups in total. The predicted octanol–water partition coefficient (Wildman–Crippen LogP) is 1.30. The van der Waals surface area contributed by atoms with Crippen LogP contribution in [0.15, 0.2) is 0 Å². The molecule has 0 aromatic carbocycles. The zero-order valence-corrected chi connectivity index (χ0v) is 5.97. The van der Waals surface area contributed by atoms with Gasteiger partial charge in [0, 0.05) is 6.04 Å². The molecule has 0 aliphatic heterocycles. The Kier molecular flexibility index (Phi) is 3.84. The molecule has 0 unspecified atom stereocenters. The molecule has 1 radical (unpaired) electrons. The number of carbonyl (C=O) groups is 1. The summed E-state index contributed by atoms with van der Waals surface area (Å²) in [7, 11) is 0. The molecule has 0 bridgehead atoms. The first kappa shape index (κ1) is 8.27. The summed E-state index contributed by atoms with van der Waals surface area (Å²) in [5.74, 6) is 0. The van der Waals surface area contributed by atoms with Crippen LogP contribution in [0.2, 0.25) is 0 Å². The fourth-order valence-corrected chi connectivity index (χ4v) is 0.377. The molecular formula is C6H12NO2. The highest BCUT2D eigenvalue weighted by Crippen LogP contribution is 1.83. The SMILES string of the molecule is C[CH]OC(=O)NC(C)C. The quantitative estimate of drug-likeness (QED) is 0.611. The van der Waals surface area contributed by atoms with Gasteiger partial charge < -0.3 is 10.1 Å². The summed E-state index contributed by atoms with van der Waals surface area (Å²) in [5.41, 5.74) is 0. The number of carbonyl (C=O) groups excluding carboxylic acids is 1. The van der Waals surface area contributed by atoms with Crippen molar-refractivity contribution in [3.05, 3.63) is 6.61 Å². The summed E-state index contributed by atoms with van der Waals surface area (Å²) in [6, 6.07) is 0.137.